The maximum Gasteiger partial charge on any atom is 0.387 e. The monoisotopic (exact) mass is 458 g/mol. The van der Waals surface area contributed by atoms with Crippen molar-refractivity contribution in [2.45, 2.75) is 31.8 Å². The standard InChI is InChI=1S/C26H25F3O4/c1-2-13-30-22-15-31-25(32-16-22)20-9-12-23-19(14-20)8-7-18(24(23)27)6-3-17-4-10-21(11-5-17)33-26(28)29/h2,4-5,7-12,14,22,25-26H,1,3,6,13,15-16H2. The van der Waals surface area contributed by atoms with E-state index in [9.17, 15) is 8.78 Å². The molecule has 0 saturated carbocycles. The van der Waals surface area contributed by atoms with Gasteiger partial charge in [0.2, 0.25) is 0 Å². The van der Waals surface area contributed by atoms with Crippen molar-refractivity contribution in [1.82, 2.24) is 0 Å². The summed E-state index contributed by atoms with van der Waals surface area (Å²) in [5, 5.41) is 1.29. The number of fused-ring (bicyclic) bond motifs is 1. The third kappa shape index (κ3) is 5.93. The van der Waals surface area contributed by atoms with E-state index in [0.717, 1.165) is 16.5 Å². The molecule has 3 aromatic carbocycles. The molecule has 1 heterocycles. The van der Waals surface area contributed by atoms with Crippen LogP contribution in [0, 0.1) is 5.82 Å². The van der Waals surface area contributed by atoms with E-state index in [0.29, 0.717) is 43.6 Å². The lowest BCUT2D eigenvalue weighted by molar-refractivity contribution is -0.228. The Morgan fingerprint density at radius 1 is 1.00 bits per heavy atom. The minimum atomic E-state index is -2.85. The maximum atomic E-state index is 15.1. The Bertz CT molecular complexity index is 1080. The highest BCUT2D eigenvalue weighted by molar-refractivity contribution is 5.84. The van der Waals surface area contributed by atoms with Gasteiger partial charge in [-0.3, -0.25) is 0 Å². The predicted octanol–water partition coefficient (Wildman–Crippen LogP) is 5.98. The van der Waals surface area contributed by atoms with Gasteiger partial charge in [0.15, 0.2) is 6.29 Å². The molecule has 1 aliphatic heterocycles. The molecule has 174 valence electrons. The summed E-state index contributed by atoms with van der Waals surface area (Å²) in [7, 11) is 0. The van der Waals surface area contributed by atoms with Gasteiger partial charge in [-0.25, -0.2) is 4.39 Å². The molecule has 33 heavy (non-hydrogen) atoms. The van der Waals surface area contributed by atoms with E-state index in [1.807, 2.05) is 18.2 Å². The largest absolute Gasteiger partial charge is 0.435 e. The average Bonchev–Trinajstić information content (AvgIpc) is 2.83. The molecule has 1 fully saturated rings. The molecule has 0 bridgehead atoms. The first kappa shape index (κ1) is 23.3. The number of ether oxygens (including phenoxy) is 4. The molecule has 0 spiro atoms. The summed E-state index contributed by atoms with van der Waals surface area (Å²) < 4.78 is 61.1. The molecule has 4 rings (SSSR count). The van der Waals surface area contributed by atoms with Crippen molar-refractivity contribution in [3.63, 3.8) is 0 Å². The van der Waals surface area contributed by atoms with Crippen LogP contribution in [0.2, 0.25) is 0 Å². The van der Waals surface area contributed by atoms with Gasteiger partial charge >= 0.3 is 6.61 Å². The van der Waals surface area contributed by atoms with Gasteiger partial charge in [-0.2, -0.15) is 8.78 Å². The molecule has 7 heteroatoms. The molecule has 3 aromatic rings. The second-order valence-electron chi connectivity index (χ2n) is 7.78. The van der Waals surface area contributed by atoms with E-state index in [-0.39, 0.29) is 17.7 Å². The van der Waals surface area contributed by atoms with Crippen molar-refractivity contribution in [2.75, 3.05) is 19.8 Å². The van der Waals surface area contributed by atoms with E-state index in [4.69, 9.17) is 14.2 Å². The Morgan fingerprint density at radius 2 is 1.76 bits per heavy atom. The summed E-state index contributed by atoms with van der Waals surface area (Å²) in [6.45, 7) is 2.04. The normalized spacial score (nSPS) is 18.5. The smallest absolute Gasteiger partial charge is 0.387 e. The minimum Gasteiger partial charge on any atom is -0.435 e. The second-order valence-corrected chi connectivity index (χ2v) is 7.78. The predicted molar refractivity (Wildman–Crippen MR) is 119 cm³/mol. The lowest BCUT2D eigenvalue weighted by atomic mass is 9.99. The fourth-order valence-corrected chi connectivity index (χ4v) is 3.79. The van der Waals surface area contributed by atoms with Crippen LogP contribution in [0.15, 0.2) is 67.3 Å². The van der Waals surface area contributed by atoms with Crippen LogP contribution in [-0.4, -0.2) is 32.5 Å². The van der Waals surface area contributed by atoms with Gasteiger partial charge in [-0.1, -0.05) is 42.5 Å². The van der Waals surface area contributed by atoms with Crippen LogP contribution in [0.5, 0.6) is 5.75 Å². The fraction of sp³-hybridized carbons (Fsp3) is 0.308. The van der Waals surface area contributed by atoms with E-state index >= 15 is 4.39 Å². The average molecular weight is 458 g/mol. The fourth-order valence-electron chi connectivity index (χ4n) is 3.79. The molecule has 0 unspecified atom stereocenters. The van der Waals surface area contributed by atoms with E-state index in [2.05, 4.69) is 11.3 Å². The van der Waals surface area contributed by atoms with Crippen LogP contribution >= 0.6 is 0 Å². The van der Waals surface area contributed by atoms with Crippen LogP contribution < -0.4 is 4.74 Å². The van der Waals surface area contributed by atoms with Crippen LogP contribution in [0.1, 0.15) is 23.0 Å². The van der Waals surface area contributed by atoms with Crippen molar-refractivity contribution in [1.29, 1.82) is 0 Å². The van der Waals surface area contributed by atoms with Gasteiger partial charge in [-0.05, 0) is 47.6 Å². The summed E-state index contributed by atoms with van der Waals surface area (Å²) in [6.07, 6.45) is 2.10. The van der Waals surface area contributed by atoms with E-state index in [1.165, 1.54) is 12.1 Å². The quantitative estimate of drug-likeness (QED) is 0.370. The summed E-state index contributed by atoms with van der Waals surface area (Å²) in [4.78, 5) is 0. The molecule has 0 N–H and O–H groups in total. The Labute approximate surface area is 190 Å². The van der Waals surface area contributed by atoms with Crippen molar-refractivity contribution < 1.29 is 32.1 Å². The Hall–Kier alpha value is -2.87. The van der Waals surface area contributed by atoms with Crippen molar-refractivity contribution in [2.24, 2.45) is 0 Å². The lowest BCUT2D eigenvalue weighted by Gasteiger charge is -2.29. The number of aryl methyl sites for hydroxylation is 2. The van der Waals surface area contributed by atoms with Gasteiger partial charge < -0.3 is 18.9 Å². The molecule has 4 nitrogen and oxygen atoms in total. The highest BCUT2D eigenvalue weighted by Gasteiger charge is 2.24. The first-order chi connectivity index (χ1) is 16.0. The lowest BCUT2D eigenvalue weighted by Crippen LogP contribution is -2.33. The van der Waals surface area contributed by atoms with Crippen LogP contribution in [0.3, 0.4) is 0 Å². The number of halogens is 3. The number of hydrogen-bond donors (Lipinski definition) is 0. The molecular formula is C26H25F3O4. The summed E-state index contributed by atoms with van der Waals surface area (Å²) >= 11 is 0. The zero-order valence-electron chi connectivity index (χ0n) is 18.0. The first-order valence-electron chi connectivity index (χ1n) is 10.7. The van der Waals surface area contributed by atoms with Crippen molar-refractivity contribution in [3.8, 4) is 5.75 Å². The number of hydrogen-bond acceptors (Lipinski definition) is 4. The van der Waals surface area contributed by atoms with Crippen LogP contribution in [-0.2, 0) is 27.1 Å². The highest BCUT2D eigenvalue weighted by atomic mass is 19.3. The van der Waals surface area contributed by atoms with Gasteiger partial charge in [0.25, 0.3) is 0 Å². The van der Waals surface area contributed by atoms with Gasteiger partial charge in [0.1, 0.15) is 17.7 Å². The highest BCUT2D eigenvalue weighted by Crippen LogP contribution is 2.29. The van der Waals surface area contributed by atoms with Gasteiger partial charge in [-0.15, -0.1) is 6.58 Å². The van der Waals surface area contributed by atoms with E-state index < -0.39 is 12.9 Å². The second kappa shape index (κ2) is 10.8. The topological polar surface area (TPSA) is 36.9 Å². The molecule has 0 aromatic heterocycles. The maximum absolute atomic E-state index is 15.1. The zero-order valence-corrected chi connectivity index (χ0v) is 18.0. The summed E-state index contributed by atoms with van der Waals surface area (Å²) in [5.41, 5.74) is 2.33. The van der Waals surface area contributed by atoms with Crippen molar-refractivity contribution in [3.05, 3.63) is 89.8 Å². The molecule has 0 radical (unpaired) electrons. The Morgan fingerprint density at radius 3 is 2.45 bits per heavy atom. The molecule has 1 saturated heterocycles. The Balaban J connectivity index is 1.40. The number of alkyl halides is 2. The molecular weight excluding hydrogens is 433 g/mol. The molecule has 1 aliphatic rings. The minimum absolute atomic E-state index is 0.104. The van der Waals surface area contributed by atoms with Crippen LogP contribution in [0.4, 0.5) is 13.2 Å². The van der Waals surface area contributed by atoms with E-state index in [1.54, 1.807) is 30.3 Å². The molecule has 0 aliphatic carbocycles. The SMILES string of the molecule is C=CCOC1COC(c2ccc3c(F)c(CCc4ccc(OC(F)F)cc4)ccc3c2)OC1. The summed E-state index contributed by atoms with van der Waals surface area (Å²) in [6, 6.07) is 15.5. The number of rotatable bonds is 9. The van der Waals surface area contributed by atoms with Crippen molar-refractivity contribution >= 4 is 10.8 Å². The third-order valence-corrected chi connectivity index (χ3v) is 5.48. The zero-order chi connectivity index (χ0) is 23.2. The molecule has 0 amide bonds. The Kier molecular flexibility index (Phi) is 7.65. The number of benzene rings is 3. The van der Waals surface area contributed by atoms with Gasteiger partial charge in [0, 0.05) is 10.9 Å². The van der Waals surface area contributed by atoms with Crippen LogP contribution in [0.25, 0.3) is 10.8 Å². The first-order valence-corrected chi connectivity index (χ1v) is 10.7. The molecule has 0 atom stereocenters. The summed E-state index contributed by atoms with van der Waals surface area (Å²) in [5.74, 6) is -0.160. The van der Waals surface area contributed by atoms with Gasteiger partial charge in [0.05, 0.1) is 19.8 Å². The third-order valence-electron chi connectivity index (χ3n) is 5.48.